The Morgan fingerprint density at radius 3 is 2.44 bits per heavy atom. The minimum atomic E-state index is 0. The molecule has 0 saturated carbocycles. The minimum Gasteiger partial charge on any atom is -1.00 e. The van der Waals surface area contributed by atoms with Crippen LogP contribution >= 0.6 is 0 Å². The van der Waals surface area contributed by atoms with E-state index in [0.29, 0.717) is 11.5 Å². The van der Waals surface area contributed by atoms with Crippen LogP contribution in [0.5, 0.6) is 23.0 Å². The summed E-state index contributed by atoms with van der Waals surface area (Å²) in [7, 11) is 2.02. The maximum absolute atomic E-state index is 10.2. The molecule has 1 aromatic heterocycles. The zero-order valence-electron chi connectivity index (χ0n) is 13.3. The van der Waals surface area contributed by atoms with Crippen LogP contribution in [-0.2, 0) is 7.05 Å². The largest absolute Gasteiger partial charge is 1.00 e. The number of phenols is 2. The van der Waals surface area contributed by atoms with Crippen LogP contribution in [0.1, 0.15) is 0 Å². The van der Waals surface area contributed by atoms with Gasteiger partial charge in [-0.1, -0.05) is 12.1 Å². The van der Waals surface area contributed by atoms with Gasteiger partial charge in [0.2, 0.25) is 11.2 Å². The molecule has 2 N–H and O–H groups in total. The second-order valence-corrected chi connectivity index (χ2v) is 6.07. The molecule has 4 aromatic rings. The van der Waals surface area contributed by atoms with Crippen molar-refractivity contribution >= 4 is 21.7 Å². The van der Waals surface area contributed by atoms with E-state index in [1.54, 1.807) is 24.3 Å². The van der Waals surface area contributed by atoms with Crippen molar-refractivity contribution in [1.82, 2.24) is 0 Å². The Bertz CT molecular complexity index is 1170. The van der Waals surface area contributed by atoms with E-state index in [1.165, 1.54) is 0 Å². The van der Waals surface area contributed by atoms with Crippen LogP contribution in [0.3, 0.4) is 0 Å². The number of halogens is 1. The normalized spacial score (nSPS) is 11.7. The van der Waals surface area contributed by atoms with Gasteiger partial charge in [0.1, 0.15) is 30.0 Å². The fourth-order valence-electron chi connectivity index (χ4n) is 3.65. The van der Waals surface area contributed by atoms with Crippen LogP contribution in [0.2, 0.25) is 0 Å². The lowest BCUT2D eigenvalue weighted by atomic mass is 9.96. The van der Waals surface area contributed by atoms with E-state index in [0.717, 1.165) is 32.9 Å². The summed E-state index contributed by atoms with van der Waals surface area (Å²) < 4.78 is 8.12. The van der Waals surface area contributed by atoms with Crippen molar-refractivity contribution in [3.63, 3.8) is 0 Å². The number of hydrogen-bond acceptors (Lipinski definition) is 3. The summed E-state index contributed by atoms with van der Waals surface area (Å²) >= 11 is 0. The standard InChI is InChI=1S/C20H13NO3.BrH/c1-21-16-5-3-2-4-13(16)15-8-12(23)10-18-19(15)20(21)14-7-6-11(22)9-17(14)24-18;/h2-10H,1H3,(H,22,23);1H. The fourth-order valence-corrected chi connectivity index (χ4v) is 3.65. The first-order valence-electron chi connectivity index (χ1n) is 7.72. The summed E-state index contributed by atoms with van der Waals surface area (Å²) in [6, 6.07) is 16.6. The second-order valence-electron chi connectivity index (χ2n) is 6.07. The number of nitrogens with zero attached hydrogens (tertiary/aromatic N) is 1. The van der Waals surface area contributed by atoms with Gasteiger partial charge in [0.05, 0.1) is 16.3 Å². The zero-order chi connectivity index (χ0) is 16.4. The first kappa shape index (κ1) is 15.7. The SMILES string of the molecule is C[n+]1c2c3c(cc(O)cc3c3ccccc31)Oc1cc(O)ccc1-2.[Br-]. The molecule has 3 aromatic carbocycles. The molecule has 0 spiro atoms. The number of aromatic nitrogens is 1. The lowest BCUT2D eigenvalue weighted by Crippen LogP contribution is -3.00. The Hall–Kier alpha value is -2.79. The molecular weight excluding hydrogens is 382 g/mol. The number of pyridine rings is 1. The average Bonchev–Trinajstić information content (AvgIpc) is 2.57. The summed E-state index contributed by atoms with van der Waals surface area (Å²) in [5.74, 6) is 1.49. The van der Waals surface area contributed by atoms with Gasteiger partial charge in [-0.05, 0) is 24.3 Å². The van der Waals surface area contributed by atoms with Gasteiger partial charge in [-0.2, -0.15) is 4.57 Å². The quantitative estimate of drug-likeness (QED) is 0.304. The fraction of sp³-hybridized carbons (Fsp3) is 0.0500. The smallest absolute Gasteiger partial charge is 0.228 e. The molecule has 0 amide bonds. The average molecular weight is 396 g/mol. The van der Waals surface area contributed by atoms with Crippen LogP contribution in [0.15, 0.2) is 54.6 Å². The van der Waals surface area contributed by atoms with Crippen molar-refractivity contribution in [1.29, 1.82) is 0 Å². The van der Waals surface area contributed by atoms with Crippen molar-refractivity contribution in [2.75, 3.05) is 0 Å². The van der Waals surface area contributed by atoms with Gasteiger partial charge in [-0.15, -0.1) is 0 Å². The highest BCUT2D eigenvalue weighted by atomic mass is 79.9. The molecule has 1 aliphatic rings. The number of aryl methyl sites for hydroxylation is 1. The molecule has 0 saturated heterocycles. The molecule has 5 rings (SSSR count). The first-order valence-corrected chi connectivity index (χ1v) is 7.72. The Morgan fingerprint density at radius 1 is 0.840 bits per heavy atom. The van der Waals surface area contributed by atoms with Crippen LogP contribution in [0.25, 0.3) is 32.9 Å². The third kappa shape index (κ3) is 2.09. The Kier molecular flexibility index (Phi) is 3.37. The van der Waals surface area contributed by atoms with E-state index >= 15 is 0 Å². The Morgan fingerprint density at radius 2 is 1.60 bits per heavy atom. The summed E-state index contributed by atoms with van der Waals surface area (Å²) in [6.45, 7) is 0. The monoisotopic (exact) mass is 395 g/mol. The molecule has 25 heavy (non-hydrogen) atoms. The van der Waals surface area contributed by atoms with Gasteiger partial charge in [0, 0.05) is 23.6 Å². The van der Waals surface area contributed by atoms with Crippen molar-refractivity contribution < 1.29 is 36.5 Å². The summed E-state index contributed by atoms with van der Waals surface area (Å²) in [5.41, 5.74) is 3.00. The maximum Gasteiger partial charge on any atom is 0.228 e. The maximum atomic E-state index is 10.2. The second kappa shape index (κ2) is 5.36. The highest BCUT2D eigenvalue weighted by Crippen LogP contribution is 2.48. The number of aromatic hydroxyl groups is 2. The topological polar surface area (TPSA) is 53.6 Å². The van der Waals surface area contributed by atoms with E-state index in [2.05, 4.69) is 10.6 Å². The molecule has 124 valence electrons. The van der Waals surface area contributed by atoms with Gasteiger partial charge < -0.3 is 31.9 Å². The Balaban J connectivity index is 0.00000157. The van der Waals surface area contributed by atoms with Crippen LogP contribution in [0, 0.1) is 0 Å². The van der Waals surface area contributed by atoms with Crippen molar-refractivity contribution in [2.24, 2.45) is 7.05 Å². The van der Waals surface area contributed by atoms with Crippen molar-refractivity contribution in [2.45, 2.75) is 0 Å². The highest BCUT2D eigenvalue weighted by Gasteiger charge is 2.30. The zero-order valence-corrected chi connectivity index (χ0v) is 14.9. The minimum absolute atomic E-state index is 0. The van der Waals surface area contributed by atoms with Crippen LogP contribution < -0.4 is 26.3 Å². The summed E-state index contributed by atoms with van der Waals surface area (Å²) in [4.78, 5) is 0. The lowest BCUT2D eigenvalue weighted by molar-refractivity contribution is -0.632. The van der Waals surface area contributed by atoms with Crippen molar-refractivity contribution in [3.05, 3.63) is 54.6 Å². The van der Waals surface area contributed by atoms with Gasteiger partial charge >= 0.3 is 0 Å². The molecule has 0 unspecified atom stereocenters. The lowest BCUT2D eigenvalue weighted by Gasteiger charge is -2.20. The number of ether oxygens (including phenoxy) is 1. The van der Waals surface area contributed by atoms with Gasteiger partial charge in [-0.3, -0.25) is 0 Å². The van der Waals surface area contributed by atoms with E-state index in [1.807, 2.05) is 31.3 Å². The molecule has 0 atom stereocenters. The van der Waals surface area contributed by atoms with Crippen molar-refractivity contribution in [3.8, 4) is 34.3 Å². The van der Waals surface area contributed by atoms with Gasteiger partial charge in [0.25, 0.3) is 0 Å². The molecule has 0 bridgehead atoms. The number of rotatable bonds is 0. The number of benzene rings is 3. The molecule has 0 aliphatic carbocycles. The van der Waals surface area contributed by atoms with Gasteiger partial charge in [-0.25, -0.2) is 0 Å². The molecule has 5 heteroatoms. The molecule has 4 nitrogen and oxygen atoms in total. The number of phenolic OH excluding ortho intramolecular Hbond substituents is 2. The number of para-hydroxylation sites is 1. The number of fused-ring (bicyclic) bond motifs is 4. The molecular formula is C20H14BrNO3. The van der Waals surface area contributed by atoms with E-state index in [9.17, 15) is 10.2 Å². The molecule has 0 fully saturated rings. The van der Waals surface area contributed by atoms with E-state index in [4.69, 9.17) is 4.74 Å². The van der Waals surface area contributed by atoms with Gasteiger partial charge in [0.15, 0.2) is 0 Å². The molecule has 1 aliphatic heterocycles. The van der Waals surface area contributed by atoms with E-state index < -0.39 is 0 Å². The molecule has 2 heterocycles. The van der Waals surface area contributed by atoms with Crippen LogP contribution in [-0.4, -0.2) is 10.2 Å². The third-order valence-electron chi connectivity index (χ3n) is 4.65. The number of hydrogen-bond donors (Lipinski definition) is 2. The van der Waals surface area contributed by atoms with E-state index in [-0.39, 0.29) is 28.5 Å². The highest BCUT2D eigenvalue weighted by molar-refractivity contribution is 6.13. The summed E-state index contributed by atoms with van der Waals surface area (Å²) in [5, 5.41) is 22.9. The Labute approximate surface area is 154 Å². The summed E-state index contributed by atoms with van der Waals surface area (Å²) in [6.07, 6.45) is 0. The molecule has 0 radical (unpaired) electrons. The third-order valence-corrected chi connectivity index (χ3v) is 4.65. The predicted molar refractivity (Wildman–Crippen MR) is 91.5 cm³/mol. The van der Waals surface area contributed by atoms with Crippen LogP contribution in [0.4, 0.5) is 0 Å². The first-order chi connectivity index (χ1) is 11.6. The predicted octanol–water partition coefficient (Wildman–Crippen LogP) is 1.01.